The molecule has 0 amide bonds. The van der Waals surface area contributed by atoms with Gasteiger partial charge in [-0.3, -0.25) is 0 Å². The molecule has 3 aromatic rings. The Morgan fingerprint density at radius 3 is 2.11 bits per heavy atom. The summed E-state index contributed by atoms with van der Waals surface area (Å²) in [4.78, 5) is 0. The summed E-state index contributed by atoms with van der Waals surface area (Å²) >= 11 is 0. The molecule has 0 spiro atoms. The quantitative estimate of drug-likeness (QED) is 0.431. The van der Waals surface area contributed by atoms with E-state index in [1.807, 2.05) is 0 Å². The van der Waals surface area contributed by atoms with Gasteiger partial charge in [-0.15, -0.1) is 46.7 Å². The summed E-state index contributed by atoms with van der Waals surface area (Å²) in [6, 6.07) is 23.4. The molecule has 0 bridgehead atoms. The third-order valence-electron chi connectivity index (χ3n) is 2.77. The summed E-state index contributed by atoms with van der Waals surface area (Å²) in [7, 11) is 1.08. The number of rotatable bonds is 1. The van der Waals surface area contributed by atoms with Crippen molar-refractivity contribution in [2.24, 2.45) is 0 Å². The van der Waals surface area contributed by atoms with Crippen molar-refractivity contribution in [1.82, 2.24) is 0 Å². The van der Waals surface area contributed by atoms with Gasteiger partial charge in [0.2, 0.25) is 0 Å². The topological polar surface area (TPSA) is 0 Å². The second-order valence-corrected chi connectivity index (χ2v) is 5.20. The van der Waals surface area contributed by atoms with Crippen LogP contribution >= 0.6 is 0 Å². The van der Waals surface area contributed by atoms with Gasteiger partial charge in [-0.05, 0) is 0 Å². The molecule has 0 aliphatic carbocycles. The summed E-state index contributed by atoms with van der Waals surface area (Å²) < 4.78 is 0. The third-order valence-corrected chi connectivity index (χ3v) is 2.77. The molecule has 0 fully saturated rings. The molecule has 0 aromatic heterocycles. The molecule has 0 saturated heterocycles. The minimum atomic E-state index is 0. The monoisotopic (exact) mass is 339 g/mol. The van der Waals surface area contributed by atoms with E-state index in [0.717, 1.165) is 9.52 Å². The summed E-state index contributed by atoms with van der Waals surface area (Å²) in [6.07, 6.45) is 0. The van der Waals surface area contributed by atoms with Crippen molar-refractivity contribution in [3.8, 4) is 11.1 Å². The van der Waals surface area contributed by atoms with Crippen LogP contribution in [0.2, 0.25) is 13.1 Å². The third kappa shape index (κ3) is 4.06. The maximum Gasteiger partial charge on any atom is 0.0307 e. The van der Waals surface area contributed by atoms with E-state index in [1.54, 1.807) is 0 Å². The predicted molar refractivity (Wildman–Crippen MR) is 82.5 cm³/mol. The fourth-order valence-corrected chi connectivity index (χ4v) is 2.02. The van der Waals surface area contributed by atoms with E-state index in [1.165, 1.54) is 21.9 Å². The van der Waals surface area contributed by atoms with Crippen molar-refractivity contribution < 1.29 is 26.2 Å². The predicted octanol–water partition coefficient (Wildman–Crippen LogP) is 5.01. The Kier molecular flexibility index (Phi) is 7.12. The van der Waals surface area contributed by atoms with Gasteiger partial charge in [0.05, 0.1) is 0 Å². The Bertz CT molecular complexity index is 599. The van der Waals surface area contributed by atoms with Crippen LogP contribution in [0, 0.1) is 0 Å². The van der Waals surface area contributed by atoms with Crippen molar-refractivity contribution in [2.75, 3.05) is 0 Å². The minimum absolute atomic E-state index is 0. The van der Waals surface area contributed by atoms with Gasteiger partial charge in [0.15, 0.2) is 0 Å². The van der Waals surface area contributed by atoms with Crippen LogP contribution in [0.15, 0.2) is 66.7 Å². The summed E-state index contributed by atoms with van der Waals surface area (Å²) in [5.41, 5.74) is 2.62. The van der Waals surface area contributed by atoms with E-state index >= 15 is 0 Å². The SMILES string of the molecule is C[Si]C.[Zr].c1ccc(-c2c[cH-]c3ccccc23)cc1. The second kappa shape index (κ2) is 8.35. The van der Waals surface area contributed by atoms with Crippen molar-refractivity contribution in [2.45, 2.75) is 13.1 Å². The molecule has 2 heteroatoms. The Morgan fingerprint density at radius 2 is 1.42 bits per heavy atom. The van der Waals surface area contributed by atoms with Gasteiger partial charge in [0.25, 0.3) is 0 Å². The van der Waals surface area contributed by atoms with Crippen LogP contribution in [0.5, 0.6) is 0 Å². The molecule has 0 nitrogen and oxygen atoms in total. The first-order valence-electron chi connectivity index (χ1n) is 6.15. The zero-order valence-electron chi connectivity index (χ0n) is 11.4. The largest absolute Gasteiger partial charge is 0.150 e. The van der Waals surface area contributed by atoms with E-state index in [2.05, 4.69) is 79.8 Å². The molecule has 3 aromatic carbocycles. The summed E-state index contributed by atoms with van der Waals surface area (Å²) in [6.45, 7) is 4.31. The standard InChI is InChI=1S/C15H11.C2H6Si.Zr/c1-2-6-12(7-3-1)15-11-10-13-8-4-5-9-14(13)15;1-3-2;/h1-11H;1-2H3;/q-1;;. The molecular weight excluding hydrogens is 323 g/mol. The molecule has 19 heavy (non-hydrogen) atoms. The Hall–Kier alpha value is -0.850. The van der Waals surface area contributed by atoms with Crippen LogP contribution in [0.4, 0.5) is 0 Å². The van der Waals surface area contributed by atoms with E-state index in [4.69, 9.17) is 0 Å². The maximum absolute atomic E-state index is 2.19. The second-order valence-electron chi connectivity index (χ2n) is 4.20. The zero-order valence-corrected chi connectivity index (χ0v) is 14.8. The van der Waals surface area contributed by atoms with Crippen LogP contribution in [-0.4, -0.2) is 9.52 Å². The van der Waals surface area contributed by atoms with E-state index in [0.29, 0.717) is 0 Å². The molecular formula is C17H17SiZr-. The van der Waals surface area contributed by atoms with E-state index in [9.17, 15) is 0 Å². The van der Waals surface area contributed by atoms with Crippen LogP contribution in [-0.2, 0) is 26.2 Å². The maximum atomic E-state index is 2.19. The van der Waals surface area contributed by atoms with Crippen molar-refractivity contribution >= 4 is 20.3 Å². The summed E-state index contributed by atoms with van der Waals surface area (Å²) in [5.74, 6) is 0. The fraction of sp³-hybridized carbons (Fsp3) is 0.118. The molecule has 2 radical (unpaired) electrons. The smallest absolute Gasteiger partial charge is 0.0307 e. The number of hydrogen-bond acceptors (Lipinski definition) is 0. The van der Waals surface area contributed by atoms with Crippen LogP contribution in [0.25, 0.3) is 21.9 Å². The normalized spacial score (nSPS) is 9.37. The van der Waals surface area contributed by atoms with Crippen molar-refractivity contribution in [3.05, 3.63) is 66.7 Å². The number of fused-ring (bicyclic) bond motifs is 1. The molecule has 0 N–H and O–H groups in total. The van der Waals surface area contributed by atoms with Gasteiger partial charge in [-0.1, -0.05) is 55.1 Å². The number of benzene rings is 2. The molecule has 0 saturated carbocycles. The van der Waals surface area contributed by atoms with Gasteiger partial charge in [0.1, 0.15) is 0 Å². The molecule has 0 aliphatic rings. The minimum Gasteiger partial charge on any atom is -0.150 e. The van der Waals surface area contributed by atoms with Crippen molar-refractivity contribution in [1.29, 1.82) is 0 Å². The van der Waals surface area contributed by atoms with Crippen molar-refractivity contribution in [3.63, 3.8) is 0 Å². The van der Waals surface area contributed by atoms with Gasteiger partial charge in [0, 0.05) is 35.7 Å². The molecule has 94 valence electrons. The van der Waals surface area contributed by atoms with Crippen LogP contribution in [0.1, 0.15) is 0 Å². The van der Waals surface area contributed by atoms with E-state index in [-0.39, 0.29) is 26.2 Å². The first-order valence-corrected chi connectivity index (χ1v) is 8.15. The van der Waals surface area contributed by atoms with Gasteiger partial charge >= 0.3 is 0 Å². The fourth-order valence-electron chi connectivity index (χ4n) is 2.02. The molecule has 0 unspecified atom stereocenters. The Morgan fingerprint density at radius 1 is 0.842 bits per heavy atom. The van der Waals surface area contributed by atoms with Gasteiger partial charge < -0.3 is 0 Å². The first kappa shape index (κ1) is 16.2. The Balaban J connectivity index is 0.000000416. The number of hydrogen-bond donors (Lipinski definition) is 0. The average Bonchev–Trinajstić information content (AvgIpc) is 2.84. The van der Waals surface area contributed by atoms with Gasteiger partial charge in [-0.25, -0.2) is 0 Å². The van der Waals surface area contributed by atoms with Gasteiger partial charge in [-0.2, -0.15) is 0 Å². The zero-order chi connectivity index (χ0) is 12.8. The molecule has 0 atom stereocenters. The molecule has 0 aliphatic heterocycles. The Labute approximate surface area is 137 Å². The molecule has 3 rings (SSSR count). The average molecular weight is 341 g/mol. The van der Waals surface area contributed by atoms with Crippen LogP contribution in [0.3, 0.4) is 0 Å². The van der Waals surface area contributed by atoms with E-state index < -0.39 is 0 Å². The summed E-state index contributed by atoms with van der Waals surface area (Å²) in [5, 5.41) is 2.65. The first-order chi connectivity index (χ1) is 8.86. The van der Waals surface area contributed by atoms with Crippen LogP contribution < -0.4 is 0 Å². The molecule has 0 heterocycles.